The molecule has 8 heteroatoms. The van der Waals surface area contributed by atoms with Gasteiger partial charge in [0.2, 0.25) is 0 Å². The van der Waals surface area contributed by atoms with Crippen LogP contribution in [0.15, 0.2) is 82.8 Å². The number of carbonyl (C=O) groups excluding carboxylic acids is 1. The van der Waals surface area contributed by atoms with E-state index in [0.717, 1.165) is 24.1 Å². The molecule has 4 rings (SSSR count). The Bertz CT molecular complexity index is 1240. The molecule has 1 aliphatic rings. The minimum Gasteiger partial charge on any atom is -0.280 e. The predicted octanol–water partition coefficient (Wildman–Crippen LogP) is 4.22. The van der Waals surface area contributed by atoms with E-state index in [2.05, 4.69) is 15.2 Å². The number of nitrogens with zero attached hydrogens (tertiary/aromatic N) is 1. The van der Waals surface area contributed by atoms with Crippen LogP contribution in [-0.2, 0) is 16.4 Å². The summed E-state index contributed by atoms with van der Waals surface area (Å²) in [4.78, 5) is 12.5. The Kier molecular flexibility index (Phi) is 5.57. The van der Waals surface area contributed by atoms with Crippen molar-refractivity contribution in [3.8, 4) is 0 Å². The lowest BCUT2D eigenvalue weighted by Crippen LogP contribution is -2.20. The molecule has 1 aliphatic carbocycles. The number of rotatable bonds is 5. The zero-order chi connectivity index (χ0) is 21.1. The fourth-order valence-electron chi connectivity index (χ4n) is 3.24. The van der Waals surface area contributed by atoms with E-state index in [9.17, 15) is 13.2 Å². The van der Waals surface area contributed by atoms with E-state index in [1.165, 1.54) is 23.8 Å². The van der Waals surface area contributed by atoms with Crippen molar-refractivity contribution in [1.82, 2.24) is 5.43 Å². The number of anilines is 1. The van der Waals surface area contributed by atoms with E-state index in [1.807, 2.05) is 24.3 Å². The quantitative estimate of drug-likeness (QED) is 0.583. The number of carbonyl (C=O) groups is 1. The van der Waals surface area contributed by atoms with Gasteiger partial charge in [-0.05, 0) is 60.9 Å². The summed E-state index contributed by atoms with van der Waals surface area (Å²) in [6.45, 7) is 0. The van der Waals surface area contributed by atoms with Crippen LogP contribution in [0.3, 0.4) is 0 Å². The first kappa shape index (κ1) is 20.1. The van der Waals surface area contributed by atoms with Crippen molar-refractivity contribution in [2.45, 2.75) is 17.7 Å². The van der Waals surface area contributed by atoms with Crippen LogP contribution in [-0.4, -0.2) is 20.0 Å². The summed E-state index contributed by atoms with van der Waals surface area (Å²) < 4.78 is 27.8. The summed E-state index contributed by atoms with van der Waals surface area (Å²) in [6.07, 6.45) is 1.63. The highest BCUT2D eigenvalue weighted by atomic mass is 35.5. The predicted molar refractivity (Wildman–Crippen MR) is 117 cm³/mol. The van der Waals surface area contributed by atoms with Gasteiger partial charge in [-0.3, -0.25) is 9.52 Å². The van der Waals surface area contributed by atoms with Gasteiger partial charge in [0.25, 0.3) is 15.9 Å². The third kappa shape index (κ3) is 4.37. The van der Waals surface area contributed by atoms with Crippen LogP contribution >= 0.6 is 11.6 Å². The van der Waals surface area contributed by atoms with Gasteiger partial charge in [-0.25, -0.2) is 13.8 Å². The number of hydrogen-bond donors (Lipinski definition) is 2. The maximum absolute atomic E-state index is 12.7. The Hall–Kier alpha value is -3.16. The van der Waals surface area contributed by atoms with E-state index < -0.39 is 15.9 Å². The number of benzene rings is 3. The van der Waals surface area contributed by atoms with Gasteiger partial charge in [0.1, 0.15) is 0 Å². The Morgan fingerprint density at radius 3 is 2.50 bits per heavy atom. The maximum atomic E-state index is 12.7. The lowest BCUT2D eigenvalue weighted by atomic mass is 10.1. The highest BCUT2D eigenvalue weighted by Gasteiger charge is 2.19. The molecule has 0 aromatic heterocycles. The number of fused-ring (bicyclic) bond motifs is 1. The van der Waals surface area contributed by atoms with Gasteiger partial charge in [-0.2, -0.15) is 5.10 Å². The van der Waals surface area contributed by atoms with Crippen molar-refractivity contribution < 1.29 is 13.2 Å². The number of halogens is 1. The first-order chi connectivity index (χ1) is 14.4. The average Bonchev–Trinajstić information content (AvgIpc) is 3.17. The van der Waals surface area contributed by atoms with Crippen molar-refractivity contribution >= 4 is 38.9 Å². The molecule has 3 aromatic rings. The van der Waals surface area contributed by atoms with Gasteiger partial charge in [0.15, 0.2) is 0 Å². The topological polar surface area (TPSA) is 87.6 Å². The molecule has 0 bridgehead atoms. The Morgan fingerprint density at radius 1 is 0.933 bits per heavy atom. The van der Waals surface area contributed by atoms with Crippen LogP contribution in [0, 0.1) is 0 Å². The van der Waals surface area contributed by atoms with Gasteiger partial charge in [0.05, 0.1) is 10.6 Å². The summed E-state index contributed by atoms with van der Waals surface area (Å²) in [5.74, 6) is -0.476. The monoisotopic (exact) mass is 439 g/mol. The van der Waals surface area contributed by atoms with Gasteiger partial charge in [-0.1, -0.05) is 41.9 Å². The lowest BCUT2D eigenvalue weighted by Gasteiger charge is -2.09. The van der Waals surface area contributed by atoms with Crippen molar-refractivity contribution in [3.63, 3.8) is 0 Å². The van der Waals surface area contributed by atoms with Crippen molar-refractivity contribution in [3.05, 3.63) is 94.5 Å². The summed E-state index contributed by atoms with van der Waals surface area (Å²) in [5.41, 5.74) is 6.15. The average molecular weight is 440 g/mol. The van der Waals surface area contributed by atoms with Crippen LogP contribution in [0.4, 0.5) is 5.69 Å². The van der Waals surface area contributed by atoms with E-state index in [0.29, 0.717) is 10.7 Å². The molecule has 0 spiro atoms. The highest BCUT2D eigenvalue weighted by Crippen LogP contribution is 2.22. The molecule has 0 unspecified atom stereocenters. The zero-order valence-corrected chi connectivity index (χ0v) is 17.4. The molecule has 152 valence electrons. The summed E-state index contributed by atoms with van der Waals surface area (Å²) in [6, 6.07) is 20.0. The molecule has 0 radical (unpaired) electrons. The maximum Gasteiger partial charge on any atom is 0.271 e. The number of nitrogens with one attached hydrogen (secondary N) is 2. The van der Waals surface area contributed by atoms with Crippen LogP contribution < -0.4 is 10.1 Å². The second-order valence-electron chi connectivity index (χ2n) is 6.80. The zero-order valence-electron chi connectivity index (χ0n) is 15.8. The lowest BCUT2D eigenvalue weighted by molar-refractivity contribution is 0.0954. The molecule has 6 nitrogen and oxygen atoms in total. The molecular weight excluding hydrogens is 422 g/mol. The van der Waals surface area contributed by atoms with Crippen LogP contribution in [0.2, 0.25) is 5.02 Å². The Labute approximate surface area is 179 Å². The van der Waals surface area contributed by atoms with Crippen molar-refractivity contribution in [2.75, 3.05) is 4.72 Å². The summed E-state index contributed by atoms with van der Waals surface area (Å²) in [5, 5.41) is 4.75. The highest BCUT2D eigenvalue weighted by molar-refractivity contribution is 7.92. The molecule has 3 aromatic carbocycles. The normalized spacial score (nSPS) is 14.4. The first-order valence-corrected chi connectivity index (χ1v) is 11.1. The van der Waals surface area contributed by atoms with Crippen LogP contribution in [0.1, 0.15) is 27.9 Å². The van der Waals surface area contributed by atoms with Crippen molar-refractivity contribution in [2.24, 2.45) is 5.10 Å². The van der Waals surface area contributed by atoms with Crippen LogP contribution in [0.25, 0.3) is 0 Å². The van der Waals surface area contributed by atoms with Gasteiger partial charge in [0, 0.05) is 21.8 Å². The fraction of sp³-hybridized carbons (Fsp3) is 0.0909. The first-order valence-electron chi connectivity index (χ1n) is 9.26. The molecule has 30 heavy (non-hydrogen) atoms. The number of hydrazone groups is 1. The van der Waals surface area contributed by atoms with E-state index in [-0.39, 0.29) is 10.5 Å². The molecule has 2 N–H and O–H groups in total. The minimum atomic E-state index is -3.86. The summed E-state index contributed by atoms with van der Waals surface area (Å²) >= 11 is 5.83. The van der Waals surface area contributed by atoms with Gasteiger partial charge in [-0.15, -0.1) is 0 Å². The molecule has 0 saturated carbocycles. The molecule has 1 amide bonds. The van der Waals surface area contributed by atoms with Crippen LogP contribution in [0.5, 0.6) is 0 Å². The van der Waals surface area contributed by atoms with E-state index >= 15 is 0 Å². The fourth-order valence-corrected chi connectivity index (χ4v) is 4.47. The number of amides is 1. The molecule has 0 atom stereocenters. The molecular formula is C22H18ClN3O3S. The Morgan fingerprint density at radius 2 is 1.70 bits per heavy atom. The largest absolute Gasteiger partial charge is 0.280 e. The number of aryl methyl sites for hydroxylation is 1. The second kappa shape index (κ2) is 8.30. The molecule has 0 heterocycles. The van der Waals surface area contributed by atoms with E-state index in [1.54, 1.807) is 30.3 Å². The summed E-state index contributed by atoms with van der Waals surface area (Å²) in [7, 11) is -3.86. The smallest absolute Gasteiger partial charge is 0.271 e. The molecule has 0 aliphatic heterocycles. The third-order valence-electron chi connectivity index (χ3n) is 4.75. The second-order valence-corrected chi connectivity index (χ2v) is 8.92. The SMILES string of the molecule is O=C(NN=C1CCc2ccccc21)c1cccc(S(=O)(=O)Nc2ccc(Cl)cc2)c1. The number of sulfonamides is 1. The van der Waals surface area contributed by atoms with Crippen molar-refractivity contribution in [1.29, 1.82) is 0 Å². The molecule has 0 saturated heterocycles. The van der Waals surface area contributed by atoms with Gasteiger partial charge < -0.3 is 0 Å². The number of hydrogen-bond acceptors (Lipinski definition) is 4. The Balaban J connectivity index is 1.51. The van der Waals surface area contributed by atoms with E-state index in [4.69, 9.17) is 11.6 Å². The third-order valence-corrected chi connectivity index (χ3v) is 6.39. The minimum absolute atomic E-state index is 0.0241. The molecule has 0 fully saturated rings. The standard InChI is InChI=1S/C22H18ClN3O3S/c23-17-9-11-18(12-10-17)26-30(28,29)19-6-3-5-16(14-19)22(27)25-24-21-13-8-15-4-1-2-7-20(15)21/h1-7,9-12,14,26H,8,13H2,(H,25,27). The van der Waals surface area contributed by atoms with Gasteiger partial charge >= 0.3 is 0 Å².